The molecule has 19 aromatic rings. The Bertz CT molecular complexity index is 6220. The molecule has 23 rings (SSSR count). The van der Waals surface area contributed by atoms with Crippen molar-refractivity contribution >= 4 is 122 Å². The number of hydrogen-bond acceptors (Lipinski definition) is 6. The molecule has 0 atom stereocenters. The monoisotopic (exact) mass is 1250 g/mol. The van der Waals surface area contributed by atoms with Crippen molar-refractivity contribution in [2.45, 2.75) is 10.8 Å². The summed E-state index contributed by atoms with van der Waals surface area (Å²) >= 11 is 0. The molecule has 4 aliphatic rings. The second-order valence-electron chi connectivity index (χ2n) is 26.7. The molecule has 4 heterocycles. The number of nitrogens with zero attached hydrogens (tertiary/aromatic N) is 2. The average Bonchev–Trinajstić information content (AvgIpc) is 1.48. The highest BCUT2D eigenvalue weighted by Crippen LogP contribution is 2.71. The Morgan fingerprint density at radius 2 is 0.510 bits per heavy atom. The molecular weight excluding hydrogens is 1200 g/mol. The van der Waals surface area contributed by atoms with Crippen LogP contribution in [0.15, 0.2) is 333 Å². The molecule has 0 radical (unpaired) electrons. The van der Waals surface area contributed by atoms with Crippen LogP contribution in [0, 0.1) is 0 Å². The summed E-state index contributed by atoms with van der Waals surface area (Å²) in [5.41, 5.74) is 29.7. The van der Waals surface area contributed by atoms with Crippen molar-refractivity contribution in [2.24, 2.45) is 0 Å². The number of hydrogen-bond donors (Lipinski definition) is 0. The van der Waals surface area contributed by atoms with E-state index in [9.17, 15) is 0 Å². The van der Waals surface area contributed by atoms with E-state index in [1.165, 1.54) is 77.9 Å². The highest BCUT2D eigenvalue weighted by atomic mass is 16.3. The summed E-state index contributed by atoms with van der Waals surface area (Å²) in [5, 5.41) is 8.45. The first kappa shape index (κ1) is 52.5. The van der Waals surface area contributed by atoms with Crippen LogP contribution in [-0.2, 0) is 10.8 Å². The summed E-state index contributed by atoms with van der Waals surface area (Å²) in [4.78, 5) is 4.78. The van der Waals surface area contributed by atoms with E-state index in [1.54, 1.807) is 0 Å². The first-order valence-electron chi connectivity index (χ1n) is 33.7. The Hall–Kier alpha value is -12.9. The Kier molecular flexibility index (Phi) is 10.1. The van der Waals surface area contributed by atoms with Gasteiger partial charge in [0.05, 0.1) is 33.6 Å². The third-order valence-electron chi connectivity index (χ3n) is 22.2. The Balaban J connectivity index is 0.897. The molecule has 4 aliphatic carbocycles. The van der Waals surface area contributed by atoms with E-state index in [-0.39, 0.29) is 0 Å². The first-order chi connectivity index (χ1) is 48.6. The van der Waals surface area contributed by atoms with Crippen LogP contribution in [-0.4, -0.2) is 0 Å². The van der Waals surface area contributed by atoms with Crippen LogP contribution in [0.5, 0.6) is 0 Å². The van der Waals surface area contributed by atoms with Gasteiger partial charge in [0.25, 0.3) is 0 Å². The molecule has 0 saturated carbocycles. The predicted octanol–water partition coefficient (Wildman–Crippen LogP) is 24.9. The number of benzene rings is 15. The molecule has 98 heavy (non-hydrogen) atoms. The van der Waals surface area contributed by atoms with Gasteiger partial charge in [-0.2, -0.15) is 0 Å². The zero-order chi connectivity index (χ0) is 63.7. The maximum atomic E-state index is 7.58. The van der Waals surface area contributed by atoms with Crippen molar-refractivity contribution < 1.29 is 17.7 Å². The van der Waals surface area contributed by atoms with Crippen LogP contribution < -0.4 is 9.80 Å². The largest absolute Gasteiger partial charge is 0.454 e. The fourth-order valence-electron chi connectivity index (χ4n) is 18.6. The Morgan fingerprint density at radius 3 is 0.898 bits per heavy atom. The molecule has 0 bridgehead atoms. The molecule has 6 heteroatoms. The maximum Gasteiger partial charge on any atom is 0.160 e. The molecule has 6 nitrogen and oxygen atoms in total. The van der Waals surface area contributed by atoms with Gasteiger partial charge in [0.1, 0.15) is 22.3 Å². The molecule has 0 N–H and O–H groups in total. The lowest BCUT2D eigenvalue weighted by atomic mass is 9.68. The minimum atomic E-state index is -0.851. The molecule has 2 spiro atoms. The summed E-state index contributed by atoms with van der Waals surface area (Å²) < 4.78 is 29.2. The smallest absolute Gasteiger partial charge is 0.160 e. The van der Waals surface area contributed by atoms with Crippen molar-refractivity contribution in [1.82, 2.24) is 0 Å². The van der Waals surface area contributed by atoms with Crippen molar-refractivity contribution in [1.29, 1.82) is 0 Å². The SMILES string of the molecule is c1ccc(N(c2cccc3c2oc2ccccc23)c2cc3c(c4c2oc2ccccc24)-c2cc4c(cc2C32c3ccccc3-c3ccccc32)-c2c(cc(N(c3ccccc3)c3cccc5c3oc3ccccc35)c3oc5ccccc5c23)C42c3ccccc3-c3ccccc32)cc1. The lowest BCUT2D eigenvalue weighted by Crippen LogP contribution is -2.27. The Morgan fingerprint density at radius 1 is 0.204 bits per heavy atom. The molecule has 4 aromatic heterocycles. The van der Waals surface area contributed by atoms with Gasteiger partial charge in [-0.25, -0.2) is 0 Å². The molecule has 0 saturated heterocycles. The van der Waals surface area contributed by atoms with Gasteiger partial charge in [-0.15, -0.1) is 0 Å². The summed E-state index contributed by atoms with van der Waals surface area (Å²) in [5.74, 6) is 0. The summed E-state index contributed by atoms with van der Waals surface area (Å²) in [6.07, 6.45) is 0. The van der Waals surface area contributed by atoms with Gasteiger partial charge in [-0.3, -0.25) is 0 Å². The van der Waals surface area contributed by atoms with Gasteiger partial charge >= 0.3 is 0 Å². The van der Waals surface area contributed by atoms with Crippen LogP contribution in [0.4, 0.5) is 34.1 Å². The first-order valence-corrected chi connectivity index (χ1v) is 33.7. The molecule has 454 valence electrons. The van der Waals surface area contributed by atoms with Gasteiger partial charge < -0.3 is 27.5 Å². The van der Waals surface area contributed by atoms with Crippen molar-refractivity contribution in [3.8, 4) is 44.5 Å². The van der Waals surface area contributed by atoms with Crippen LogP contribution in [0.1, 0.15) is 44.5 Å². The molecule has 0 amide bonds. The fraction of sp³-hybridized carbons (Fsp3) is 0.0217. The highest BCUT2D eigenvalue weighted by Gasteiger charge is 2.58. The lowest BCUT2D eigenvalue weighted by molar-refractivity contribution is 0.665. The van der Waals surface area contributed by atoms with Crippen molar-refractivity contribution in [2.75, 3.05) is 9.80 Å². The standard InChI is InChI=1S/C92H52N2O4/c1-3-25-53(26-4-1)93(75-43-23-37-61-59-33-11-19-45-79(59)95-87(61)75)77-51-73-83(85-63-35-13-21-47-81(63)97-89(77)85)65-49-72-66(50-71(65)91(73)67-39-15-7-29-55(67)56-30-8-16-40-68(56)91)84-74(92(72)69-41-17-9-31-57(69)58-32-10-18-42-70(58)92)52-78(90-86(84)64-36-14-22-48-82(64)98-90)94(54-27-5-2-6-28-54)76-44-24-38-62-60-34-12-20-46-80(60)96-88(62)76/h1-52H. The van der Waals surface area contributed by atoms with Crippen LogP contribution >= 0.6 is 0 Å². The minimum Gasteiger partial charge on any atom is -0.454 e. The Labute approximate surface area is 561 Å². The van der Waals surface area contributed by atoms with E-state index >= 15 is 0 Å². The third-order valence-corrected chi connectivity index (χ3v) is 22.2. The zero-order valence-electron chi connectivity index (χ0n) is 52.5. The van der Waals surface area contributed by atoms with Crippen molar-refractivity contribution in [3.63, 3.8) is 0 Å². The average molecular weight is 1250 g/mol. The van der Waals surface area contributed by atoms with Crippen LogP contribution in [0.3, 0.4) is 0 Å². The van der Waals surface area contributed by atoms with E-state index in [0.29, 0.717) is 0 Å². The number of rotatable bonds is 6. The minimum absolute atomic E-state index is 0.788. The predicted molar refractivity (Wildman–Crippen MR) is 398 cm³/mol. The van der Waals surface area contributed by atoms with Crippen LogP contribution in [0.25, 0.3) is 132 Å². The van der Waals surface area contributed by atoms with E-state index in [4.69, 9.17) is 17.7 Å². The van der Waals surface area contributed by atoms with E-state index in [0.717, 1.165) is 133 Å². The number of furan rings is 4. The normalized spacial score (nSPS) is 13.9. The van der Waals surface area contributed by atoms with E-state index in [1.807, 2.05) is 0 Å². The van der Waals surface area contributed by atoms with E-state index < -0.39 is 10.8 Å². The fourth-order valence-corrected chi connectivity index (χ4v) is 18.6. The van der Waals surface area contributed by atoms with E-state index in [2.05, 4.69) is 325 Å². The molecule has 0 aliphatic heterocycles. The van der Waals surface area contributed by atoms with Crippen LogP contribution in [0.2, 0.25) is 0 Å². The second-order valence-corrected chi connectivity index (χ2v) is 26.7. The van der Waals surface area contributed by atoms with Gasteiger partial charge in [0, 0.05) is 54.5 Å². The highest BCUT2D eigenvalue weighted by molar-refractivity contribution is 6.25. The second kappa shape index (κ2) is 18.9. The number of fused-ring (bicyclic) bond motifs is 34. The molecule has 0 fully saturated rings. The molecule has 0 unspecified atom stereocenters. The zero-order valence-corrected chi connectivity index (χ0v) is 52.5. The molecule has 15 aromatic carbocycles. The van der Waals surface area contributed by atoms with Crippen molar-refractivity contribution in [3.05, 3.63) is 360 Å². The quantitative estimate of drug-likeness (QED) is 0.165. The topological polar surface area (TPSA) is 59.0 Å². The summed E-state index contributed by atoms with van der Waals surface area (Å²) in [6.45, 7) is 0. The van der Waals surface area contributed by atoms with Gasteiger partial charge in [0.2, 0.25) is 0 Å². The maximum absolute atomic E-state index is 7.58. The lowest BCUT2D eigenvalue weighted by Gasteiger charge is -2.33. The van der Waals surface area contributed by atoms with Gasteiger partial charge in [-0.1, -0.05) is 231 Å². The van der Waals surface area contributed by atoms with Gasteiger partial charge in [-0.05, 0) is 174 Å². The number of anilines is 6. The third kappa shape index (κ3) is 6.43. The molecular formula is C92H52N2O4. The summed E-state index contributed by atoms with van der Waals surface area (Å²) in [7, 11) is 0. The number of para-hydroxylation sites is 8. The summed E-state index contributed by atoms with van der Waals surface area (Å²) in [6, 6.07) is 116. The van der Waals surface area contributed by atoms with Gasteiger partial charge in [0.15, 0.2) is 22.3 Å².